The van der Waals surface area contributed by atoms with Crippen molar-refractivity contribution in [2.24, 2.45) is 0 Å². The van der Waals surface area contributed by atoms with Gasteiger partial charge in [0.05, 0.1) is 23.8 Å². The SMILES string of the molecule is COc1ccc(NC(=O)C2(c3ccc(Cl)cc3)CCCCC2)c(C#N)c1. The molecule has 2 aromatic carbocycles. The van der Waals surface area contributed by atoms with Gasteiger partial charge in [0.15, 0.2) is 0 Å². The van der Waals surface area contributed by atoms with E-state index in [-0.39, 0.29) is 5.91 Å². The number of anilines is 1. The number of carbonyl (C=O) groups excluding carboxylic acids is 1. The Hall–Kier alpha value is -2.51. The molecule has 1 N–H and O–H groups in total. The van der Waals surface area contributed by atoms with Gasteiger partial charge in [-0.25, -0.2) is 0 Å². The van der Waals surface area contributed by atoms with Gasteiger partial charge in [0.2, 0.25) is 5.91 Å². The van der Waals surface area contributed by atoms with E-state index in [0.717, 1.165) is 37.7 Å². The number of hydrogen-bond acceptors (Lipinski definition) is 3. The van der Waals surface area contributed by atoms with Gasteiger partial charge in [-0.15, -0.1) is 0 Å². The minimum atomic E-state index is -0.588. The smallest absolute Gasteiger partial charge is 0.235 e. The van der Waals surface area contributed by atoms with Crippen LogP contribution in [0.3, 0.4) is 0 Å². The molecular formula is C21H21ClN2O2. The second kappa shape index (κ2) is 7.80. The van der Waals surface area contributed by atoms with Crippen LogP contribution in [-0.4, -0.2) is 13.0 Å². The van der Waals surface area contributed by atoms with E-state index >= 15 is 0 Å². The van der Waals surface area contributed by atoms with Crippen LogP contribution in [0.5, 0.6) is 5.75 Å². The number of halogens is 1. The molecule has 1 saturated carbocycles. The molecule has 1 amide bonds. The molecule has 26 heavy (non-hydrogen) atoms. The van der Waals surface area contributed by atoms with Crippen molar-refractivity contribution in [1.82, 2.24) is 0 Å². The van der Waals surface area contributed by atoms with Crippen molar-refractivity contribution >= 4 is 23.2 Å². The molecule has 4 nitrogen and oxygen atoms in total. The van der Waals surface area contributed by atoms with Gasteiger partial charge in [0, 0.05) is 5.02 Å². The zero-order valence-electron chi connectivity index (χ0n) is 14.7. The van der Waals surface area contributed by atoms with E-state index in [1.165, 1.54) is 0 Å². The number of amides is 1. The predicted octanol–water partition coefficient (Wildman–Crippen LogP) is 5.06. The normalized spacial score (nSPS) is 15.7. The van der Waals surface area contributed by atoms with Crippen LogP contribution in [0.4, 0.5) is 5.69 Å². The molecule has 1 aliphatic carbocycles. The van der Waals surface area contributed by atoms with Crippen LogP contribution >= 0.6 is 11.6 Å². The third-order valence-electron chi connectivity index (χ3n) is 5.13. The van der Waals surface area contributed by atoms with E-state index in [2.05, 4.69) is 11.4 Å². The molecule has 5 heteroatoms. The van der Waals surface area contributed by atoms with Crippen LogP contribution in [0.15, 0.2) is 42.5 Å². The number of nitriles is 1. The summed E-state index contributed by atoms with van der Waals surface area (Å²) in [6.07, 6.45) is 4.72. The van der Waals surface area contributed by atoms with E-state index in [1.807, 2.05) is 24.3 Å². The molecule has 2 aromatic rings. The molecule has 0 aromatic heterocycles. The average molecular weight is 369 g/mol. The van der Waals surface area contributed by atoms with Crippen molar-refractivity contribution in [3.05, 3.63) is 58.6 Å². The summed E-state index contributed by atoms with van der Waals surface area (Å²) in [6.45, 7) is 0. The molecule has 134 valence electrons. The van der Waals surface area contributed by atoms with Crippen LogP contribution in [0.2, 0.25) is 5.02 Å². The third kappa shape index (κ3) is 3.54. The van der Waals surface area contributed by atoms with E-state index in [0.29, 0.717) is 22.0 Å². The van der Waals surface area contributed by atoms with Gasteiger partial charge >= 0.3 is 0 Å². The highest BCUT2D eigenvalue weighted by Gasteiger charge is 2.41. The lowest BCUT2D eigenvalue weighted by molar-refractivity contribution is -0.122. The highest BCUT2D eigenvalue weighted by atomic mass is 35.5. The molecule has 0 spiro atoms. The van der Waals surface area contributed by atoms with E-state index < -0.39 is 5.41 Å². The monoisotopic (exact) mass is 368 g/mol. The number of nitrogens with one attached hydrogen (secondary N) is 1. The summed E-state index contributed by atoms with van der Waals surface area (Å²) in [4.78, 5) is 13.3. The summed E-state index contributed by atoms with van der Waals surface area (Å²) in [5.74, 6) is 0.519. The fraction of sp³-hybridized carbons (Fsp3) is 0.333. The summed E-state index contributed by atoms with van der Waals surface area (Å²) in [7, 11) is 1.55. The maximum atomic E-state index is 13.3. The van der Waals surface area contributed by atoms with Crippen molar-refractivity contribution in [2.45, 2.75) is 37.5 Å². The van der Waals surface area contributed by atoms with Gasteiger partial charge in [-0.05, 0) is 48.7 Å². The molecular weight excluding hydrogens is 348 g/mol. The lowest BCUT2D eigenvalue weighted by atomic mass is 9.68. The molecule has 0 atom stereocenters. The van der Waals surface area contributed by atoms with Crippen LogP contribution in [0.25, 0.3) is 0 Å². The Bertz CT molecular complexity index is 834. The number of rotatable bonds is 4. The van der Waals surface area contributed by atoms with Gasteiger partial charge in [-0.2, -0.15) is 5.26 Å². The second-order valence-corrected chi connectivity index (χ2v) is 7.06. The lowest BCUT2D eigenvalue weighted by Gasteiger charge is -2.36. The molecule has 1 fully saturated rings. The van der Waals surface area contributed by atoms with Crippen LogP contribution < -0.4 is 10.1 Å². The summed E-state index contributed by atoms with van der Waals surface area (Å²) < 4.78 is 5.16. The Balaban J connectivity index is 1.94. The van der Waals surface area contributed by atoms with Gasteiger partial charge in [0.1, 0.15) is 11.8 Å². The van der Waals surface area contributed by atoms with Gasteiger partial charge < -0.3 is 10.1 Å². The molecule has 0 unspecified atom stereocenters. The largest absolute Gasteiger partial charge is 0.497 e. The second-order valence-electron chi connectivity index (χ2n) is 6.63. The molecule has 0 aliphatic heterocycles. The minimum Gasteiger partial charge on any atom is -0.497 e. The fourth-order valence-electron chi connectivity index (χ4n) is 3.66. The van der Waals surface area contributed by atoms with E-state index in [1.54, 1.807) is 25.3 Å². The highest BCUT2D eigenvalue weighted by Crippen LogP contribution is 2.41. The predicted molar refractivity (Wildman–Crippen MR) is 103 cm³/mol. The maximum absolute atomic E-state index is 13.3. The van der Waals surface area contributed by atoms with Crippen molar-refractivity contribution in [3.63, 3.8) is 0 Å². The van der Waals surface area contributed by atoms with Gasteiger partial charge in [-0.3, -0.25) is 4.79 Å². The summed E-state index contributed by atoms with van der Waals surface area (Å²) in [5, 5.41) is 13.0. The van der Waals surface area contributed by atoms with Crippen molar-refractivity contribution in [2.75, 3.05) is 12.4 Å². The minimum absolute atomic E-state index is 0.0683. The number of benzene rings is 2. The van der Waals surface area contributed by atoms with Gasteiger partial charge in [0.25, 0.3) is 0 Å². The Morgan fingerprint density at radius 1 is 1.15 bits per heavy atom. The standard InChI is InChI=1S/C21H21ClN2O2/c1-26-18-9-10-19(15(13-18)14-23)24-20(25)21(11-3-2-4-12-21)16-5-7-17(22)8-6-16/h5-10,13H,2-4,11-12H2,1H3,(H,24,25). The topological polar surface area (TPSA) is 62.1 Å². The Labute approximate surface area is 158 Å². The van der Waals surface area contributed by atoms with Crippen LogP contribution in [0.1, 0.15) is 43.2 Å². The first-order valence-corrected chi connectivity index (χ1v) is 9.12. The van der Waals surface area contributed by atoms with Gasteiger partial charge in [-0.1, -0.05) is 43.0 Å². The summed E-state index contributed by atoms with van der Waals surface area (Å²) >= 11 is 6.03. The van der Waals surface area contributed by atoms with Crippen molar-refractivity contribution in [1.29, 1.82) is 5.26 Å². The zero-order chi connectivity index (χ0) is 18.6. The average Bonchev–Trinajstić information content (AvgIpc) is 2.69. The molecule has 0 heterocycles. The molecule has 0 saturated heterocycles. The fourth-order valence-corrected chi connectivity index (χ4v) is 3.79. The first-order chi connectivity index (χ1) is 12.6. The molecule has 0 bridgehead atoms. The first-order valence-electron chi connectivity index (χ1n) is 8.75. The number of carbonyl (C=O) groups is 1. The summed E-state index contributed by atoms with van der Waals surface area (Å²) in [6, 6.07) is 14.7. The molecule has 3 rings (SSSR count). The van der Waals surface area contributed by atoms with Crippen LogP contribution in [-0.2, 0) is 10.2 Å². The zero-order valence-corrected chi connectivity index (χ0v) is 15.5. The number of nitrogens with zero attached hydrogens (tertiary/aromatic N) is 1. The van der Waals surface area contributed by atoms with Crippen molar-refractivity contribution < 1.29 is 9.53 Å². The van der Waals surface area contributed by atoms with Crippen LogP contribution in [0, 0.1) is 11.3 Å². The summed E-state index contributed by atoms with van der Waals surface area (Å²) in [5.41, 5.74) is 1.29. The van der Waals surface area contributed by atoms with Crippen molar-refractivity contribution in [3.8, 4) is 11.8 Å². The first kappa shape index (κ1) is 18.3. The maximum Gasteiger partial charge on any atom is 0.235 e. The molecule has 0 radical (unpaired) electrons. The van der Waals surface area contributed by atoms with E-state index in [9.17, 15) is 10.1 Å². The third-order valence-corrected chi connectivity index (χ3v) is 5.39. The quantitative estimate of drug-likeness (QED) is 0.820. The lowest BCUT2D eigenvalue weighted by Crippen LogP contribution is -2.42. The number of methoxy groups -OCH3 is 1. The van der Waals surface area contributed by atoms with E-state index in [4.69, 9.17) is 16.3 Å². The highest BCUT2D eigenvalue weighted by molar-refractivity contribution is 6.30. The Morgan fingerprint density at radius 3 is 2.46 bits per heavy atom. The Kier molecular flexibility index (Phi) is 5.49. The number of ether oxygens (including phenoxy) is 1. The molecule has 1 aliphatic rings. The number of hydrogen-bond donors (Lipinski definition) is 1. The Morgan fingerprint density at radius 2 is 1.85 bits per heavy atom.